The molecular weight excluding hydrogens is 216 g/mol. The summed E-state index contributed by atoms with van der Waals surface area (Å²) < 4.78 is 36.4. The fourth-order valence-corrected chi connectivity index (χ4v) is 0.204. The van der Waals surface area contributed by atoms with Crippen LogP contribution in [0.3, 0.4) is 0 Å². The monoisotopic (exact) mass is 234 g/mol. The van der Waals surface area contributed by atoms with Gasteiger partial charge in [0.05, 0.1) is 13.2 Å². The van der Waals surface area contributed by atoms with Crippen LogP contribution in [0.25, 0.3) is 0 Å². The van der Waals surface area contributed by atoms with Crippen molar-refractivity contribution in [1.82, 2.24) is 0 Å². The van der Waals surface area contributed by atoms with E-state index in [9.17, 15) is 0 Å². The quantitative estimate of drug-likeness (QED) is 0.479. The Hall–Kier alpha value is -0.250. The molecule has 0 aromatic rings. The SMILES string of the molecule is CCOCC.O=S(=O)(O)O.OCCO. The lowest BCUT2D eigenvalue weighted by molar-refractivity contribution is 0.162. The van der Waals surface area contributed by atoms with Gasteiger partial charge >= 0.3 is 10.4 Å². The van der Waals surface area contributed by atoms with Gasteiger partial charge in [-0.05, 0) is 13.8 Å². The van der Waals surface area contributed by atoms with Gasteiger partial charge in [-0.2, -0.15) is 8.42 Å². The maximum atomic E-state index is 8.74. The summed E-state index contributed by atoms with van der Waals surface area (Å²) in [7, 11) is -4.67. The van der Waals surface area contributed by atoms with Crippen molar-refractivity contribution in [2.75, 3.05) is 26.4 Å². The van der Waals surface area contributed by atoms with E-state index in [2.05, 4.69) is 0 Å². The molecule has 14 heavy (non-hydrogen) atoms. The van der Waals surface area contributed by atoms with Crippen molar-refractivity contribution < 1.29 is 32.5 Å². The van der Waals surface area contributed by atoms with Gasteiger partial charge in [0.25, 0.3) is 0 Å². The number of aliphatic hydroxyl groups is 2. The highest BCUT2D eigenvalue weighted by Crippen LogP contribution is 1.64. The molecule has 0 heterocycles. The molecule has 0 spiro atoms. The molecule has 0 amide bonds. The molecular formula is C6H18O7S. The molecule has 0 fully saturated rings. The average molecular weight is 234 g/mol. The van der Waals surface area contributed by atoms with Crippen LogP contribution in [0, 0.1) is 0 Å². The van der Waals surface area contributed by atoms with E-state index >= 15 is 0 Å². The van der Waals surface area contributed by atoms with Crippen molar-refractivity contribution in [2.45, 2.75) is 13.8 Å². The van der Waals surface area contributed by atoms with E-state index in [-0.39, 0.29) is 13.2 Å². The minimum atomic E-state index is -4.67. The molecule has 7 nitrogen and oxygen atoms in total. The summed E-state index contributed by atoms with van der Waals surface area (Å²) in [5, 5.41) is 15.2. The Bertz CT molecular complexity index is 153. The minimum absolute atomic E-state index is 0.125. The lowest BCUT2D eigenvalue weighted by atomic mass is 10.8. The predicted molar refractivity (Wildman–Crippen MR) is 50.5 cm³/mol. The first-order valence-electron chi connectivity index (χ1n) is 3.82. The first kappa shape index (κ1) is 19.3. The summed E-state index contributed by atoms with van der Waals surface area (Å²) in [6, 6.07) is 0. The fraction of sp³-hybridized carbons (Fsp3) is 1.00. The van der Waals surface area contributed by atoms with Gasteiger partial charge in [-0.25, -0.2) is 0 Å². The molecule has 0 saturated carbocycles. The largest absolute Gasteiger partial charge is 0.394 e. The number of hydrogen-bond acceptors (Lipinski definition) is 5. The maximum absolute atomic E-state index is 8.74. The summed E-state index contributed by atoms with van der Waals surface area (Å²) in [5.74, 6) is 0. The average Bonchev–Trinajstić information content (AvgIpc) is 2.03. The van der Waals surface area contributed by atoms with E-state index in [1.54, 1.807) is 0 Å². The van der Waals surface area contributed by atoms with Crippen molar-refractivity contribution in [3.05, 3.63) is 0 Å². The van der Waals surface area contributed by atoms with Crippen LogP contribution in [0.15, 0.2) is 0 Å². The van der Waals surface area contributed by atoms with Crippen molar-refractivity contribution in [2.24, 2.45) is 0 Å². The summed E-state index contributed by atoms with van der Waals surface area (Å²) in [5.41, 5.74) is 0. The number of aliphatic hydroxyl groups excluding tert-OH is 2. The third-order valence-electron chi connectivity index (χ3n) is 0.508. The Labute approximate surface area is 83.9 Å². The van der Waals surface area contributed by atoms with Gasteiger partial charge in [-0.3, -0.25) is 9.11 Å². The highest BCUT2D eigenvalue weighted by Gasteiger charge is 1.84. The molecule has 0 saturated heterocycles. The highest BCUT2D eigenvalue weighted by atomic mass is 32.3. The first-order valence-corrected chi connectivity index (χ1v) is 5.22. The molecule has 0 aromatic heterocycles. The second-order valence-electron chi connectivity index (χ2n) is 1.68. The van der Waals surface area contributed by atoms with E-state index in [1.807, 2.05) is 13.8 Å². The van der Waals surface area contributed by atoms with Crippen LogP contribution < -0.4 is 0 Å². The molecule has 0 aliphatic heterocycles. The molecule has 4 N–H and O–H groups in total. The van der Waals surface area contributed by atoms with Crippen LogP contribution in [0.2, 0.25) is 0 Å². The van der Waals surface area contributed by atoms with Gasteiger partial charge in [0, 0.05) is 13.2 Å². The van der Waals surface area contributed by atoms with Crippen molar-refractivity contribution in [3.63, 3.8) is 0 Å². The summed E-state index contributed by atoms with van der Waals surface area (Å²) >= 11 is 0. The summed E-state index contributed by atoms with van der Waals surface area (Å²) in [6.07, 6.45) is 0. The van der Waals surface area contributed by atoms with Crippen LogP contribution >= 0.6 is 0 Å². The van der Waals surface area contributed by atoms with E-state index in [0.717, 1.165) is 13.2 Å². The third-order valence-corrected chi connectivity index (χ3v) is 0.508. The summed E-state index contributed by atoms with van der Waals surface area (Å²) in [4.78, 5) is 0. The first-order chi connectivity index (χ1) is 6.33. The molecule has 0 bridgehead atoms. The molecule has 0 rings (SSSR count). The minimum Gasteiger partial charge on any atom is -0.394 e. The van der Waals surface area contributed by atoms with Crippen LogP contribution in [-0.4, -0.2) is 54.2 Å². The van der Waals surface area contributed by atoms with E-state index in [4.69, 9.17) is 32.5 Å². The standard InChI is InChI=1S/C4H10O.C2H6O2.H2O4S/c1-3-5-4-2;3-1-2-4;1-5(2,3)4/h3-4H2,1-2H3;3-4H,1-2H2;(H2,1,2,3,4). The molecule has 0 unspecified atom stereocenters. The Kier molecular flexibility index (Phi) is 21.0. The van der Waals surface area contributed by atoms with E-state index in [0.29, 0.717) is 0 Å². The number of hydrogen-bond donors (Lipinski definition) is 4. The molecule has 8 heteroatoms. The van der Waals surface area contributed by atoms with Crippen LogP contribution in [0.4, 0.5) is 0 Å². The Morgan fingerprint density at radius 3 is 1.21 bits per heavy atom. The van der Waals surface area contributed by atoms with Gasteiger partial charge in [0.15, 0.2) is 0 Å². The van der Waals surface area contributed by atoms with Gasteiger partial charge in [-0.15, -0.1) is 0 Å². The zero-order valence-corrected chi connectivity index (χ0v) is 9.07. The lowest BCUT2D eigenvalue weighted by Gasteiger charge is -1.86. The normalized spacial score (nSPS) is 9.29. The molecule has 0 atom stereocenters. The van der Waals surface area contributed by atoms with Gasteiger partial charge < -0.3 is 14.9 Å². The molecule has 0 aromatic carbocycles. The topological polar surface area (TPSA) is 124 Å². The van der Waals surface area contributed by atoms with Gasteiger partial charge in [0.1, 0.15) is 0 Å². The van der Waals surface area contributed by atoms with E-state index in [1.165, 1.54) is 0 Å². The number of ether oxygens (including phenoxy) is 1. The van der Waals surface area contributed by atoms with Crippen molar-refractivity contribution >= 4 is 10.4 Å². The highest BCUT2D eigenvalue weighted by molar-refractivity contribution is 7.79. The van der Waals surface area contributed by atoms with Crippen molar-refractivity contribution in [1.29, 1.82) is 0 Å². The second-order valence-corrected chi connectivity index (χ2v) is 2.57. The Morgan fingerprint density at radius 2 is 1.21 bits per heavy atom. The summed E-state index contributed by atoms with van der Waals surface area (Å²) in [6.45, 7) is 5.42. The molecule has 0 aliphatic rings. The van der Waals surface area contributed by atoms with Crippen LogP contribution in [-0.2, 0) is 15.1 Å². The predicted octanol–water partition coefficient (Wildman–Crippen LogP) is -0.639. The lowest BCUT2D eigenvalue weighted by Crippen LogP contribution is -1.89. The molecule has 90 valence electrons. The Balaban J connectivity index is -0.000000131. The number of rotatable bonds is 3. The zero-order chi connectivity index (χ0) is 12.0. The fourth-order valence-electron chi connectivity index (χ4n) is 0.204. The second kappa shape index (κ2) is 15.2. The van der Waals surface area contributed by atoms with Gasteiger partial charge in [0.2, 0.25) is 0 Å². The van der Waals surface area contributed by atoms with Crippen LogP contribution in [0.5, 0.6) is 0 Å². The zero-order valence-electron chi connectivity index (χ0n) is 8.25. The maximum Gasteiger partial charge on any atom is 0.394 e. The van der Waals surface area contributed by atoms with E-state index < -0.39 is 10.4 Å². The third kappa shape index (κ3) is 180. The van der Waals surface area contributed by atoms with Crippen molar-refractivity contribution in [3.8, 4) is 0 Å². The smallest absolute Gasteiger partial charge is 0.394 e. The van der Waals surface area contributed by atoms with Crippen LogP contribution in [0.1, 0.15) is 13.8 Å². The molecule has 0 aliphatic carbocycles. The Morgan fingerprint density at radius 1 is 1.00 bits per heavy atom. The van der Waals surface area contributed by atoms with Gasteiger partial charge in [-0.1, -0.05) is 0 Å². The molecule has 0 radical (unpaired) electrons.